The number of hydrogen-bond acceptors (Lipinski definition) is 2. The van der Waals surface area contributed by atoms with Gasteiger partial charge in [-0.05, 0) is 20.3 Å². The molecule has 0 aromatic carbocycles. The van der Waals surface area contributed by atoms with Crippen LogP contribution in [0.1, 0.15) is 40.5 Å². The molecule has 3 nitrogen and oxygen atoms in total. The zero-order chi connectivity index (χ0) is 11.6. The van der Waals surface area contributed by atoms with Crippen molar-refractivity contribution in [2.45, 2.75) is 46.6 Å². The molecule has 86 valence electrons. The molecule has 1 saturated heterocycles. The molecular formula is C12H21NO2. The van der Waals surface area contributed by atoms with Crippen molar-refractivity contribution in [3.8, 4) is 0 Å². The van der Waals surface area contributed by atoms with Gasteiger partial charge in [0.25, 0.3) is 0 Å². The first kappa shape index (κ1) is 12.2. The van der Waals surface area contributed by atoms with Crippen molar-refractivity contribution in [1.29, 1.82) is 0 Å². The second-order valence-corrected chi connectivity index (χ2v) is 4.94. The quantitative estimate of drug-likeness (QED) is 0.711. The first-order valence-corrected chi connectivity index (χ1v) is 5.76. The van der Waals surface area contributed by atoms with Gasteiger partial charge in [0.1, 0.15) is 5.78 Å². The van der Waals surface area contributed by atoms with Crippen molar-refractivity contribution in [3.05, 3.63) is 0 Å². The minimum Gasteiger partial charge on any atom is -0.340 e. The van der Waals surface area contributed by atoms with Gasteiger partial charge in [-0.25, -0.2) is 0 Å². The lowest BCUT2D eigenvalue weighted by atomic mass is 9.95. The molecule has 1 atom stereocenters. The fourth-order valence-electron chi connectivity index (χ4n) is 1.94. The van der Waals surface area contributed by atoms with E-state index in [0.717, 1.165) is 13.0 Å². The molecule has 15 heavy (non-hydrogen) atoms. The first-order chi connectivity index (χ1) is 6.93. The van der Waals surface area contributed by atoms with Crippen LogP contribution in [0.3, 0.4) is 0 Å². The van der Waals surface area contributed by atoms with E-state index >= 15 is 0 Å². The van der Waals surface area contributed by atoms with Crippen molar-refractivity contribution in [1.82, 2.24) is 4.90 Å². The highest BCUT2D eigenvalue weighted by Gasteiger charge is 2.34. The Morgan fingerprint density at radius 1 is 1.40 bits per heavy atom. The molecule has 1 unspecified atom stereocenters. The molecule has 0 aromatic rings. The molecule has 1 aliphatic rings. The van der Waals surface area contributed by atoms with Crippen LogP contribution in [0.2, 0.25) is 0 Å². The average molecular weight is 211 g/mol. The van der Waals surface area contributed by atoms with Gasteiger partial charge in [0.2, 0.25) is 5.91 Å². The highest BCUT2D eigenvalue weighted by molar-refractivity contribution is 5.88. The van der Waals surface area contributed by atoms with Crippen molar-refractivity contribution in [2.75, 3.05) is 6.54 Å². The standard InChI is InChI=1S/C12H21NO2/c1-8(2)11(14)7-10-5-6-13(9(3)4)12(10)15/h8-10H,5-7H2,1-4H3. The number of hydrogen-bond donors (Lipinski definition) is 0. The minimum atomic E-state index is -0.0534. The average Bonchev–Trinajstić information content (AvgIpc) is 2.48. The summed E-state index contributed by atoms with van der Waals surface area (Å²) in [5.41, 5.74) is 0. The largest absolute Gasteiger partial charge is 0.340 e. The molecule has 1 rings (SSSR count). The lowest BCUT2D eigenvalue weighted by Gasteiger charge is -2.21. The van der Waals surface area contributed by atoms with Crippen LogP contribution in [0.5, 0.6) is 0 Å². The maximum Gasteiger partial charge on any atom is 0.226 e. The minimum absolute atomic E-state index is 0.0471. The summed E-state index contributed by atoms with van der Waals surface area (Å²) in [5.74, 6) is 0.367. The van der Waals surface area contributed by atoms with Gasteiger partial charge >= 0.3 is 0 Å². The summed E-state index contributed by atoms with van der Waals surface area (Å²) >= 11 is 0. The number of likely N-dealkylation sites (tertiary alicyclic amines) is 1. The van der Waals surface area contributed by atoms with Crippen molar-refractivity contribution in [2.24, 2.45) is 11.8 Å². The second-order valence-electron chi connectivity index (χ2n) is 4.94. The molecule has 1 heterocycles. The zero-order valence-electron chi connectivity index (χ0n) is 10.1. The van der Waals surface area contributed by atoms with Gasteiger partial charge in [-0.2, -0.15) is 0 Å². The monoisotopic (exact) mass is 211 g/mol. The molecule has 0 aromatic heterocycles. The number of nitrogens with zero attached hydrogens (tertiary/aromatic N) is 1. The molecule has 0 saturated carbocycles. The molecule has 0 spiro atoms. The van der Waals surface area contributed by atoms with Crippen LogP contribution >= 0.6 is 0 Å². The van der Waals surface area contributed by atoms with E-state index < -0.39 is 0 Å². The van der Waals surface area contributed by atoms with Crippen LogP contribution in [0.15, 0.2) is 0 Å². The third-order valence-electron chi connectivity index (χ3n) is 3.07. The number of carbonyl (C=O) groups is 2. The topological polar surface area (TPSA) is 37.4 Å². The van der Waals surface area contributed by atoms with E-state index in [1.165, 1.54) is 0 Å². The molecule has 0 radical (unpaired) electrons. The van der Waals surface area contributed by atoms with Crippen LogP contribution in [0, 0.1) is 11.8 Å². The van der Waals surface area contributed by atoms with Crippen LogP contribution in [-0.4, -0.2) is 29.2 Å². The highest BCUT2D eigenvalue weighted by Crippen LogP contribution is 2.24. The Balaban J connectivity index is 2.53. The molecule has 0 N–H and O–H groups in total. The summed E-state index contributed by atoms with van der Waals surface area (Å²) in [6.07, 6.45) is 1.27. The lowest BCUT2D eigenvalue weighted by molar-refractivity contribution is -0.135. The summed E-state index contributed by atoms with van der Waals surface area (Å²) in [6.45, 7) is 8.63. The molecule has 1 aliphatic heterocycles. The maximum absolute atomic E-state index is 11.9. The fraction of sp³-hybridized carbons (Fsp3) is 0.833. The Labute approximate surface area is 91.8 Å². The summed E-state index contributed by atoms with van der Waals surface area (Å²) in [7, 11) is 0. The van der Waals surface area contributed by atoms with Gasteiger partial charge in [-0.1, -0.05) is 13.8 Å². The molecule has 1 amide bonds. The Bertz CT molecular complexity index is 258. The number of Topliss-reactive ketones (excluding diaryl/α,β-unsaturated/α-hetero) is 1. The van der Waals surface area contributed by atoms with Crippen LogP contribution in [-0.2, 0) is 9.59 Å². The van der Waals surface area contributed by atoms with Crippen LogP contribution in [0.25, 0.3) is 0 Å². The van der Waals surface area contributed by atoms with Crippen molar-refractivity contribution in [3.63, 3.8) is 0 Å². The number of ketones is 1. The summed E-state index contributed by atoms with van der Waals surface area (Å²) in [4.78, 5) is 25.3. The smallest absolute Gasteiger partial charge is 0.226 e. The van der Waals surface area contributed by atoms with E-state index in [-0.39, 0.29) is 29.6 Å². The van der Waals surface area contributed by atoms with E-state index in [0.29, 0.717) is 6.42 Å². The molecule has 0 aliphatic carbocycles. The molecular weight excluding hydrogens is 190 g/mol. The maximum atomic E-state index is 11.9. The van der Waals surface area contributed by atoms with Gasteiger partial charge in [-0.3, -0.25) is 9.59 Å². The highest BCUT2D eigenvalue weighted by atomic mass is 16.2. The lowest BCUT2D eigenvalue weighted by Crippen LogP contribution is -2.34. The predicted molar refractivity (Wildman–Crippen MR) is 59.4 cm³/mol. The second kappa shape index (κ2) is 4.77. The van der Waals surface area contributed by atoms with Gasteiger partial charge in [0.15, 0.2) is 0 Å². The third-order valence-corrected chi connectivity index (χ3v) is 3.07. The van der Waals surface area contributed by atoms with E-state index in [4.69, 9.17) is 0 Å². The Morgan fingerprint density at radius 3 is 2.40 bits per heavy atom. The molecule has 3 heteroatoms. The van der Waals surface area contributed by atoms with Crippen LogP contribution in [0.4, 0.5) is 0 Å². The normalized spacial score (nSPS) is 21.9. The third kappa shape index (κ3) is 2.80. The Kier molecular flexibility index (Phi) is 3.89. The summed E-state index contributed by atoms with van der Waals surface area (Å²) in [5, 5.41) is 0. The van der Waals surface area contributed by atoms with E-state index in [2.05, 4.69) is 0 Å². The zero-order valence-corrected chi connectivity index (χ0v) is 10.1. The van der Waals surface area contributed by atoms with E-state index in [1.807, 2.05) is 32.6 Å². The van der Waals surface area contributed by atoms with Gasteiger partial charge in [0, 0.05) is 30.8 Å². The van der Waals surface area contributed by atoms with Gasteiger partial charge in [-0.15, -0.1) is 0 Å². The first-order valence-electron chi connectivity index (χ1n) is 5.76. The number of carbonyl (C=O) groups excluding carboxylic acids is 2. The van der Waals surface area contributed by atoms with E-state index in [1.54, 1.807) is 0 Å². The van der Waals surface area contributed by atoms with Crippen molar-refractivity contribution >= 4 is 11.7 Å². The number of amides is 1. The Hall–Kier alpha value is -0.860. The van der Waals surface area contributed by atoms with Crippen molar-refractivity contribution < 1.29 is 9.59 Å². The summed E-state index contributed by atoms with van der Waals surface area (Å²) in [6, 6.07) is 0.261. The van der Waals surface area contributed by atoms with Gasteiger partial charge in [0.05, 0.1) is 0 Å². The molecule has 0 bridgehead atoms. The fourth-order valence-corrected chi connectivity index (χ4v) is 1.94. The number of rotatable bonds is 4. The summed E-state index contributed by atoms with van der Waals surface area (Å²) < 4.78 is 0. The predicted octanol–water partition coefficient (Wildman–Crippen LogP) is 1.86. The van der Waals surface area contributed by atoms with Gasteiger partial charge < -0.3 is 4.90 Å². The SMILES string of the molecule is CC(C)C(=O)CC1CCN(C(C)C)C1=O. The Morgan fingerprint density at radius 2 is 2.00 bits per heavy atom. The van der Waals surface area contributed by atoms with Crippen LogP contribution < -0.4 is 0 Å². The molecule has 1 fully saturated rings. The van der Waals surface area contributed by atoms with E-state index in [9.17, 15) is 9.59 Å².